The Hall–Kier alpha value is -5.50. The Morgan fingerprint density at radius 3 is 2.19 bits per heavy atom. The number of nitrogens with zero attached hydrogens (tertiary/aromatic N) is 1. The first-order chi connectivity index (χ1) is 30.4. The van der Waals surface area contributed by atoms with Gasteiger partial charge in [-0.2, -0.15) is 0 Å². The van der Waals surface area contributed by atoms with Crippen LogP contribution in [0.3, 0.4) is 0 Å². The first-order valence-electron chi connectivity index (χ1n) is 22.9. The van der Waals surface area contributed by atoms with Gasteiger partial charge in [0.05, 0.1) is 38.9 Å². The molecule has 324 valence electrons. The van der Waals surface area contributed by atoms with Gasteiger partial charge in [0.25, 0.3) is 0 Å². The van der Waals surface area contributed by atoms with Crippen molar-refractivity contribution in [3.8, 4) is 22.6 Å². The van der Waals surface area contributed by atoms with E-state index in [0.717, 1.165) is 70.7 Å². The third kappa shape index (κ3) is 6.36. The maximum Gasteiger partial charge on any atom is 0.227 e. The minimum absolute atomic E-state index is 0.0350. The molecule has 5 aromatic rings. The summed E-state index contributed by atoms with van der Waals surface area (Å²) in [7, 11) is 3.20. The van der Waals surface area contributed by atoms with Gasteiger partial charge in [-0.05, 0) is 107 Å². The van der Waals surface area contributed by atoms with E-state index < -0.39 is 27.9 Å². The Morgan fingerprint density at radius 1 is 0.730 bits per heavy atom. The summed E-state index contributed by atoms with van der Waals surface area (Å²) in [6.07, 6.45) is 11.8. The molecule has 11 rings (SSSR count). The molecule has 2 spiro atoms. The normalized spacial score (nSPS) is 31.4. The highest BCUT2D eigenvalue weighted by atomic mass is 16.5. The molecule has 63 heavy (non-hydrogen) atoms. The molecule has 3 fully saturated rings. The first-order valence-corrected chi connectivity index (χ1v) is 22.9. The van der Waals surface area contributed by atoms with Crippen LogP contribution < -0.4 is 9.47 Å². The number of fused-ring (bicyclic) bond motifs is 2. The number of rotatable bonds is 11. The number of allylic oxidation sites excluding steroid dienone is 4. The lowest BCUT2D eigenvalue weighted by molar-refractivity contribution is -0.178. The van der Waals surface area contributed by atoms with Crippen LogP contribution >= 0.6 is 0 Å². The summed E-state index contributed by atoms with van der Waals surface area (Å²) in [5.74, 6) is 1.23. The molecule has 8 atom stereocenters. The van der Waals surface area contributed by atoms with Gasteiger partial charge in [0.2, 0.25) is 5.91 Å². The molecule has 7 heteroatoms. The second kappa shape index (κ2) is 15.3. The molecule has 0 heterocycles. The van der Waals surface area contributed by atoms with E-state index in [2.05, 4.69) is 68.5 Å². The largest absolute Gasteiger partial charge is 0.493 e. The third-order valence-corrected chi connectivity index (χ3v) is 17.1. The number of methoxy groups -OCH3 is 2. The van der Waals surface area contributed by atoms with Crippen LogP contribution in [-0.2, 0) is 17.8 Å². The SMILES string of the molecule is COc1ccc(CC(=O)N(Cc2cccc3ccccc23)C[C@]2(O)CC[C@H]3[C@]45C=C[C@@]6(C=C4C(=O)c4ccc(-c7ccccc7)cc4)CC(O)CC[C@]6(C)[C@H]5CC[C@@]32C)cc1OC. The first kappa shape index (κ1) is 41.5. The molecule has 1 amide bonds. The Bertz CT molecular complexity index is 2650. The number of ketones is 1. The van der Waals surface area contributed by atoms with Crippen LogP contribution in [0.4, 0.5) is 0 Å². The summed E-state index contributed by atoms with van der Waals surface area (Å²) in [5, 5.41) is 26.9. The second-order valence-electron chi connectivity index (χ2n) is 19.8. The van der Waals surface area contributed by atoms with E-state index in [1.165, 1.54) is 0 Å². The fourth-order valence-corrected chi connectivity index (χ4v) is 13.7. The molecular weight excluding hydrogens is 783 g/mol. The summed E-state index contributed by atoms with van der Waals surface area (Å²) in [4.78, 5) is 32.1. The Morgan fingerprint density at radius 2 is 1.41 bits per heavy atom. The van der Waals surface area contributed by atoms with Crippen molar-refractivity contribution in [1.29, 1.82) is 0 Å². The molecular formula is C56H59NO6. The summed E-state index contributed by atoms with van der Waals surface area (Å²) in [6.45, 7) is 5.17. The molecule has 0 aliphatic heterocycles. The van der Waals surface area contributed by atoms with E-state index in [4.69, 9.17) is 9.47 Å². The van der Waals surface area contributed by atoms with Crippen LogP contribution in [0.1, 0.15) is 80.3 Å². The molecule has 1 unspecified atom stereocenters. The summed E-state index contributed by atoms with van der Waals surface area (Å²) < 4.78 is 11.1. The Kier molecular flexibility index (Phi) is 10.1. The van der Waals surface area contributed by atoms with Crippen molar-refractivity contribution in [3.63, 3.8) is 0 Å². The highest BCUT2D eigenvalue weighted by Crippen LogP contribution is 2.78. The van der Waals surface area contributed by atoms with Gasteiger partial charge in [0.15, 0.2) is 17.3 Å². The number of Topliss-reactive ketones (excluding diaryl/α,β-unsaturated/α-hetero) is 1. The zero-order valence-corrected chi connectivity index (χ0v) is 37.0. The maximum atomic E-state index is 15.3. The summed E-state index contributed by atoms with van der Waals surface area (Å²) >= 11 is 0. The van der Waals surface area contributed by atoms with Crippen molar-refractivity contribution >= 4 is 22.5 Å². The van der Waals surface area contributed by atoms with Crippen molar-refractivity contribution in [2.75, 3.05) is 20.8 Å². The van der Waals surface area contributed by atoms with Crippen LogP contribution in [0.5, 0.6) is 11.5 Å². The average Bonchev–Trinajstić information content (AvgIpc) is 3.58. The fourth-order valence-electron chi connectivity index (χ4n) is 13.7. The number of hydrogen-bond acceptors (Lipinski definition) is 6. The smallest absolute Gasteiger partial charge is 0.227 e. The van der Waals surface area contributed by atoms with Crippen LogP contribution in [0, 0.1) is 33.5 Å². The van der Waals surface area contributed by atoms with Gasteiger partial charge in [0.1, 0.15) is 0 Å². The van der Waals surface area contributed by atoms with E-state index >= 15 is 4.79 Å². The van der Waals surface area contributed by atoms with Crippen LogP contribution in [0.2, 0.25) is 0 Å². The number of amides is 1. The lowest BCUT2D eigenvalue weighted by Crippen LogP contribution is -2.67. The number of benzene rings is 5. The van der Waals surface area contributed by atoms with Crippen molar-refractivity contribution < 1.29 is 29.3 Å². The minimum Gasteiger partial charge on any atom is -0.493 e. The zero-order valence-electron chi connectivity index (χ0n) is 37.0. The van der Waals surface area contributed by atoms with Gasteiger partial charge in [-0.3, -0.25) is 9.59 Å². The zero-order chi connectivity index (χ0) is 43.8. The summed E-state index contributed by atoms with van der Waals surface area (Å²) in [6, 6.07) is 38.3. The Labute approximate surface area is 371 Å². The highest BCUT2D eigenvalue weighted by molar-refractivity contribution is 6.10. The monoisotopic (exact) mass is 841 g/mol. The number of aliphatic hydroxyl groups excluding tert-OH is 1. The molecule has 0 saturated heterocycles. The van der Waals surface area contributed by atoms with Gasteiger partial charge in [-0.1, -0.05) is 135 Å². The highest BCUT2D eigenvalue weighted by Gasteiger charge is 2.74. The molecule has 0 radical (unpaired) electrons. The second-order valence-corrected chi connectivity index (χ2v) is 19.8. The number of hydrogen-bond donors (Lipinski definition) is 2. The van der Waals surface area contributed by atoms with E-state index in [9.17, 15) is 15.0 Å². The van der Waals surface area contributed by atoms with Crippen LogP contribution in [-0.4, -0.2) is 59.3 Å². The van der Waals surface area contributed by atoms with Crippen molar-refractivity contribution in [2.45, 2.75) is 83.5 Å². The predicted molar refractivity (Wildman–Crippen MR) is 247 cm³/mol. The lowest BCUT2D eigenvalue weighted by Gasteiger charge is -2.71. The molecule has 2 bridgehead atoms. The van der Waals surface area contributed by atoms with Gasteiger partial charge in [-0.25, -0.2) is 0 Å². The number of carbonyl (C=O) groups excluding carboxylic acids is 2. The molecule has 6 aliphatic rings. The van der Waals surface area contributed by atoms with Gasteiger partial charge >= 0.3 is 0 Å². The summed E-state index contributed by atoms with van der Waals surface area (Å²) in [5.41, 5.74) is 2.43. The number of ether oxygens (including phenoxy) is 2. The molecule has 6 aliphatic carbocycles. The lowest BCUT2D eigenvalue weighted by atomic mass is 9.32. The van der Waals surface area contributed by atoms with E-state index in [-0.39, 0.29) is 41.9 Å². The predicted octanol–water partition coefficient (Wildman–Crippen LogP) is 10.6. The Balaban J connectivity index is 1.03. The topological polar surface area (TPSA) is 96.3 Å². The molecule has 7 nitrogen and oxygen atoms in total. The van der Waals surface area contributed by atoms with Crippen molar-refractivity contribution in [3.05, 3.63) is 156 Å². The van der Waals surface area contributed by atoms with Gasteiger partial charge in [-0.15, -0.1) is 0 Å². The molecule has 2 N–H and O–H groups in total. The average molecular weight is 842 g/mol. The quantitative estimate of drug-likeness (QED) is 0.102. The molecule has 0 aromatic heterocycles. The van der Waals surface area contributed by atoms with Gasteiger partial charge in [0, 0.05) is 33.9 Å². The fraction of sp³-hybridized carbons (Fsp3) is 0.393. The van der Waals surface area contributed by atoms with E-state index in [1.807, 2.05) is 83.8 Å². The van der Waals surface area contributed by atoms with E-state index in [1.54, 1.807) is 14.2 Å². The number of carbonyl (C=O) groups is 2. The standard InChI is InChI=1S/C56H59NO6/c1-52-26-23-43(58)33-54(52)29-30-56(45(34-54)51(60)41-20-18-39(19-21-41)38-11-6-5-7-12-38)48(52)24-27-53(2)49(56)25-28-55(53,61)36-57(35-42-15-10-14-40-13-8-9-16-44(40)42)50(59)32-37-17-22-46(62-3)47(31-37)63-4/h5-22,29-31,34,43,48-49,58,61H,23-28,32-33,35-36H2,1-4H3/t43?,48-,49-,52-,53+,54+,55-,56-/m1/s1. The van der Waals surface area contributed by atoms with Crippen LogP contribution in [0.15, 0.2) is 139 Å². The minimum atomic E-state index is -1.23. The van der Waals surface area contributed by atoms with E-state index in [0.29, 0.717) is 36.4 Å². The van der Waals surface area contributed by atoms with Crippen molar-refractivity contribution in [1.82, 2.24) is 4.90 Å². The molecule has 3 saturated carbocycles. The van der Waals surface area contributed by atoms with Gasteiger partial charge < -0.3 is 24.6 Å². The number of aliphatic hydroxyl groups is 2. The third-order valence-electron chi connectivity index (χ3n) is 17.1. The molecule has 5 aromatic carbocycles. The maximum absolute atomic E-state index is 15.3. The van der Waals surface area contributed by atoms with Crippen LogP contribution in [0.25, 0.3) is 21.9 Å². The van der Waals surface area contributed by atoms with Crippen molar-refractivity contribution in [2.24, 2.45) is 33.5 Å².